The summed E-state index contributed by atoms with van der Waals surface area (Å²) in [6.07, 6.45) is 2.40. The first-order valence-electron chi connectivity index (χ1n) is 11.7. The van der Waals surface area contributed by atoms with Crippen LogP contribution in [0.15, 0.2) is 36.4 Å². The van der Waals surface area contributed by atoms with Crippen molar-refractivity contribution >= 4 is 23.3 Å². The van der Waals surface area contributed by atoms with E-state index in [0.29, 0.717) is 29.3 Å². The Labute approximate surface area is 199 Å². The van der Waals surface area contributed by atoms with E-state index in [0.717, 1.165) is 30.8 Å². The fourth-order valence-corrected chi connectivity index (χ4v) is 4.14. The van der Waals surface area contributed by atoms with Crippen LogP contribution in [0.3, 0.4) is 0 Å². The van der Waals surface area contributed by atoms with Crippen LogP contribution in [0.5, 0.6) is 11.5 Å². The second kappa shape index (κ2) is 10.7. The van der Waals surface area contributed by atoms with Crippen molar-refractivity contribution in [2.75, 3.05) is 50.8 Å². The third kappa shape index (κ3) is 5.75. The minimum absolute atomic E-state index is 0.119. The predicted molar refractivity (Wildman–Crippen MR) is 129 cm³/mol. The SMILES string of the molecule is Cc1ccc(OCC(=O)c2ccc3c(c2)N(CC(=O)NCCN2CCCC2)C(=O)CO3)cc1C. The zero-order valence-electron chi connectivity index (χ0n) is 19.8. The maximum atomic E-state index is 12.8. The average Bonchev–Trinajstić information content (AvgIpc) is 3.35. The first-order chi connectivity index (χ1) is 16.4. The molecule has 8 nitrogen and oxygen atoms in total. The van der Waals surface area contributed by atoms with Crippen LogP contribution in [0.25, 0.3) is 0 Å². The van der Waals surface area contributed by atoms with E-state index >= 15 is 0 Å². The Morgan fingerprint density at radius 2 is 1.85 bits per heavy atom. The van der Waals surface area contributed by atoms with Gasteiger partial charge in [-0.25, -0.2) is 0 Å². The number of likely N-dealkylation sites (tertiary alicyclic amines) is 1. The van der Waals surface area contributed by atoms with Crippen LogP contribution in [0.4, 0.5) is 5.69 Å². The fraction of sp³-hybridized carbons (Fsp3) is 0.423. The van der Waals surface area contributed by atoms with Crippen molar-refractivity contribution in [2.24, 2.45) is 0 Å². The van der Waals surface area contributed by atoms with Gasteiger partial charge in [-0.3, -0.25) is 19.3 Å². The van der Waals surface area contributed by atoms with E-state index in [-0.39, 0.29) is 37.4 Å². The number of carbonyl (C=O) groups excluding carboxylic acids is 3. The van der Waals surface area contributed by atoms with Crippen LogP contribution in [0.2, 0.25) is 0 Å². The first-order valence-corrected chi connectivity index (χ1v) is 11.7. The Hall–Kier alpha value is -3.39. The molecule has 0 unspecified atom stereocenters. The molecule has 0 atom stereocenters. The minimum Gasteiger partial charge on any atom is -0.485 e. The Bertz CT molecular complexity index is 1080. The molecule has 0 aliphatic carbocycles. The van der Waals surface area contributed by atoms with Crippen molar-refractivity contribution in [3.05, 3.63) is 53.1 Å². The second-order valence-corrected chi connectivity index (χ2v) is 8.81. The first kappa shape index (κ1) is 23.8. The lowest BCUT2D eigenvalue weighted by molar-refractivity contribution is -0.125. The van der Waals surface area contributed by atoms with Gasteiger partial charge in [-0.2, -0.15) is 0 Å². The summed E-state index contributed by atoms with van der Waals surface area (Å²) in [5.74, 6) is 0.304. The van der Waals surface area contributed by atoms with Crippen LogP contribution >= 0.6 is 0 Å². The zero-order chi connectivity index (χ0) is 24.1. The number of benzene rings is 2. The van der Waals surface area contributed by atoms with Crippen LogP contribution < -0.4 is 19.7 Å². The molecule has 2 aliphatic heterocycles. The summed E-state index contributed by atoms with van der Waals surface area (Å²) in [7, 11) is 0. The molecule has 0 spiro atoms. The van der Waals surface area contributed by atoms with Crippen molar-refractivity contribution in [1.82, 2.24) is 10.2 Å². The molecule has 2 amide bonds. The molecule has 1 N–H and O–H groups in total. The molecular weight excluding hydrogens is 434 g/mol. The van der Waals surface area contributed by atoms with E-state index in [4.69, 9.17) is 9.47 Å². The van der Waals surface area contributed by atoms with Crippen molar-refractivity contribution < 1.29 is 23.9 Å². The molecular formula is C26H31N3O5. The van der Waals surface area contributed by atoms with E-state index in [2.05, 4.69) is 10.2 Å². The Balaban J connectivity index is 1.39. The molecule has 0 bridgehead atoms. The summed E-state index contributed by atoms with van der Waals surface area (Å²) in [6, 6.07) is 10.6. The lowest BCUT2D eigenvalue weighted by Crippen LogP contribution is -2.46. The number of Topliss-reactive ketones (excluding diaryl/α,β-unsaturated/α-hetero) is 1. The number of nitrogens with zero attached hydrogens (tertiary/aromatic N) is 2. The molecule has 2 heterocycles. The van der Waals surface area contributed by atoms with E-state index in [1.54, 1.807) is 18.2 Å². The molecule has 0 aromatic heterocycles. The topological polar surface area (TPSA) is 88.2 Å². The van der Waals surface area contributed by atoms with E-state index in [1.165, 1.54) is 17.7 Å². The average molecular weight is 466 g/mol. The lowest BCUT2D eigenvalue weighted by atomic mass is 10.1. The van der Waals surface area contributed by atoms with Gasteiger partial charge in [0.1, 0.15) is 18.0 Å². The highest BCUT2D eigenvalue weighted by atomic mass is 16.5. The number of hydrogen-bond donors (Lipinski definition) is 1. The summed E-state index contributed by atoms with van der Waals surface area (Å²) >= 11 is 0. The predicted octanol–water partition coefficient (Wildman–Crippen LogP) is 2.50. The number of aryl methyl sites for hydroxylation is 2. The number of fused-ring (bicyclic) bond motifs is 1. The largest absolute Gasteiger partial charge is 0.485 e. The second-order valence-electron chi connectivity index (χ2n) is 8.81. The van der Waals surface area contributed by atoms with Crippen molar-refractivity contribution in [1.29, 1.82) is 0 Å². The van der Waals surface area contributed by atoms with E-state index in [9.17, 15) is 14.4 Å². The van der Waals surface area contributed by atoms with Crippen LogP contribution in [-0.2, 0) is 9.59 Å². The molecule has 4 rings (SSSR count). The van der Waals surface area contributed by atoms with Crippen LogP contribution in [-0.4, -0.2) is 68.4 Å². The highest BCUT2D eigenvalue weighted by molar-refractivity contribution is 6.04. The molecule has 1 saturated heterocycles. The minimum atomic E-state index is -0.321. The molecule has 8 heteroatoms. The van der Waals surface area contributed by atoms with Gasteiger partial charge in [-0.1, -0.05) is 6.07 Å². The zero-order valence-corrected chi connectivity index (χ0v) is 19.8. The summed E-state index contributed by atoms with van der Waals surface area (Å²) in [5.41, 5.74) is 3.05. The van der Waals surface area contributed by atoms with Gasteiger partial charge in [0, 0.05) is 18.7 Å². The van der Waals surface area contributed by atoms with Crippen molar-refractivity contribution in [3.8, 4) is 11.5 Å². The van der Waals surface area contributed by atoms with Gasteiger partial charge >= 0.3 is 0 Å². The lowest BCUT2D eigenvalue weighted by Gasteiger charge is -2.29. The number of rotatable bonds is 9. The molecule has 1 fully saturated rings. The van der Waals surface area contributed by atoms with Crippen LogP contribution in [0.1, 0.15) is 34.3 Å². The summed E-state index contributed by atoms with van der Waals surface area (Å²) in [6.45, 7) is 7.08. The molecule has 34 heavy (non-hydrogen) atoms. The van der Waals surface area contributed by atoms with E-state index < -0.39 is 0 Å². The molecule has 0 radical (unpaired) electrons. The highest BCUT2D eigenvalue weighted by Crippen LogP contribution is 2.33. The van der Waals surface area contributed by atoms with Gasteiger partial charge < -0.3 is 19.7 Å². The smallest absolute Gasteiger partial charge is 0.265 e. The quantitative estimate of drug-likeness (QED) is 0.573. The monoisotopic (exact) mass is 465 g/mol. The number of nitrogens with one attached hydrogen (secondary N) is 1. The highest BCUT2D eigenvalue weighted by Gasteiger charge is 2.28. The van der Waals surface area contributed by atoms with Gasteiger partial charge in [-0.15, -0.1) is 0 Å². The van der Waals surface area contributed by atoms with Crippen molar-refractivity contribution in [2.45, 2.75) is 26.7 Å². The number of carbonyl (C=O) groups is 3. The summed E-state index contributed by atoms with van der Waals surface area (Å²) < 4.78 is 11.2. The number of ketones is 1. The molecule has 2 aromatic carbocycles. The summed E-state index contributed by atoms with van der Waals surface area (Å²) in [5, 5.41) is 2.89. The van der Waals surface area contributed by atoms with Gasteiger partial charge in [0.15, 0.2) is 19.0 Å². The maximum Gasteiger partial charge on any atom is 0.265 e. The normalized spacial score (nSPS) is 15.6. The molecule has 2 aromatic rings. The van der Waals surface area contributed by atoms with Gasteiger partial charge in [0.2, 0.25) is 5.91 Å². The van der Waals surface area contributed by atoms with Crippen molar-refractivity contribution in [3.63, 3.8) is 0 Å². The molecule has 2 aliphatic rings. The third-order valence-corrected chi connectivity index (χ3v) is 6.32. The third-order valence-electron chi connectivity index (χ3n) is 6.32. The Kier molecular flexibility index (Phi) is 7.47. The van der Waals surface area contributed by atoms with Crippen LogP contribution in [0, 0.1) is 13.8 Å². The number of ether oxygens (including phenoxy) is 2. The standard InChI is InChI=1S/C26H31N3O5/c1-18-5-7-21(13-19(18)2)33-16-23(30)20-6-8-24-22(14-20)29(26(32)17-34-24)15-25(31)27-9-12-28-10-3-4-11-28/h5-8,13-14H,3-4,9-12,15-17H2,1-2H3,(H,27,31). The molecule has 180 valence electrons. The fourth-order valence-electron chi connectivity index (χ4n) is 4.14. The maximum absolute atomic E-state index is 12.8. The number of anilines is 1. The Morgan fingerprint density at radius 3 is 2.62 bits per heavy atom. The number of hydrogen-bond acceptors (Lipinski definition) is 6. The van der Waals surface area contributed by atoms with Gasteiger partial charge in [0.05, 0.1) is 5.69 Å². The van der Waals surface area contributed by atoms with Gasteiger partial charge in [0.25, 0.3) is 5.91 Å². The molecule has 0 saturated carbocycles. The Morgan fingerprint density at radius 1 is 1.06 bits per heavy atom. The summed E-state index contributed by atoms with van der Waals surface area (Å²) in [4.78, 5) is 41.5. The van der Waals surface area contributed by atoms with E-state index in [1.807, 2.05) is 32.0 Å². The number of amides is 2. The van der Waals surface area contributed by atoms with Gasteiger partial charge in [-0.05, 0) is 81.2 Å².